The number of benzene rings is 3. The van der Waals surface area contributed by atoms with E-state index in [1.807, 2.05) is 29.2 Å². The Morgan fingerprint density at radius 3 is 2.43 bits per heavy atom. The third kappa shape index (κ3) is 5.14. The monoisotopic (exact) mass is 618 g/mol. The van der Waals surface area contributed by atoms with Gasteiger partial charge in [0.15, 0.2) is 0 Å². The van der Waals surface area contributed by atoms with Crippen LogP contribution in [0.25, 0.3) is 11.3 Å². The van der Waals surface area contributed by atoms with Gasteiger partial charge in [-0.2, -0.15) is 0 Å². The second kappa shape index (κ2) is 11.8. The van der Waals surface area contributed by atoms with Crippen molar-refractivity contribution in [2.75, 3.05) is 18.5 Å². The molecule has 4 aromatic rings. The van der Waals surface area contributed by atoms with Crippen molar-refractivity contribution in [3.63, 3.8) is 0 Å². The minimum Gasteiger partial charge on any atom is -0.508 e. The first-order chi connectivity index (χ1) is 22.2. The summed E-state index contributed by atoms with van der Waals surface area (Å²) in [5.74, 6) is -1.15. The van der Waals surface area contributed by atoms with Gasteiger partial charge in [-0.3, -0.25) is 14.4 Å². The number of carbonyl (C=O) groups is 3. The molecule has 0 radical (unpaired) electrons. The summed E-state index contributed by atoms with van der Waals surface area (Å²) >= 11 is 0. The molecule has 236 valence electrons. The number of carboxylic acids is 1. The second-order valence-corrected chi connectivity index (χ2v) is 12.7. The number of aliphatic carboxylic acids is 1. The summed E-state index contributed by atoms with van der Waals surface area (Å²) < 4.78 is 2.19. The molecule has 0 aliphatic carbocycles. The number of nitrogens with zero attached hydrogens (tertiary/aromatic N) is 3. The van der Waals surface area contributed by atoms with Crippen molar-refractivity contribution >= 4 is 23.5 Å². The number of phenolic OH excluding ortho intramolecular Hbond substituents is 1. The summed E-state index contributed by atoms with van der Waals surface area (Å²) in [6, 6.07) is 19.5. The molecule has 3 aromatic carbocycles. The van der Waals surface area contributed by atoms with E-state index in [0.29, 0.717) is 41.9 Å². The molecule has 4 heterocycles. The molecule has 1 aromatic heterocycles. The number of hydrogen-bond donors (Lipinski definition) is 3. The summed E-state index contributed by atoms with van der Waals surface area (Å²) in [5, 5.41) is 22.9. The van der Waals surface area contributed by atoms with E-state index in [4.69, 9.17) is 0 Å². The van der Waals surface area contributed by atoms with Gasteiger partial charge in [0.05, 0.1) is 5.56 Å². The Hall–Kier alpha value is -4.89. The van der Waals surface area contributed by atoms with E-state index in [2.05, 4.69) is 28.9 Å². The normalized spacial score (nSPS) is 18.7. The first-order valence-corrected chi connectivity index (χ1v) is 16.0. The first-order valence-electron chi connectivity index (χ1n) is 16.0. The molecule has 9 heteroatoms. The number of phenols is 1. The topological polar surface area (TPSA) is 115 Å². The van der Waals surface area contributed by atoms with Gasteiger partial charge >= 0.3 is 5.97 Å². The number of rotatable bonds is 5. The standard InChI is InChI=1S/C37H38N4O5/c1-22-17-23-7-3-4-8-25(23)21-41(22)36(44)30-19-28-24(14-15-38-34(28)37(45)46)18-29(30)33-20-31(32-9-5-6-16-40(32)33)35(43)39(2)26-10-12-27(42)13-11-26/h3-4,7-8,10-13,18-20,22,34,38,42H,5-6,9,14-17,21H2,1-2H3,(H,45,46)/t22-,34?/m1/s1. The van der Waals surface area contributed by atoms with Crippen LogP contribution in [0.3, 0.4) is 0 Å². The summed E-state index contributed by atoms with van der Waals surface area (Å²) in [6.07, 6.45) is 4.03. The van der Waals surface area contributed by atoms with Crippen LogP contribution in [0.4, 0.5) is 5.69 Å². The highest BCUT2D eigenvalue weighted by Crippen LogP contribution is 2.38. The van der Waals surface area contributed by atoms with Crippen molar-refractivity contribution in [2.24, 2.45) is 0 Å². The van der Waals surface area contributed by atoms with Gasteiger partial charge in [0, 0.05) is 60.9 Å². The highest BCUT2D eigenvalue weighted by atomic mass is 16.4. The summed E-state index contributed by atoms with van der Waals surface area (Å²) in [4.78, 5) is 44.5. The number of carbonyl (C=O) groups excluding carboxylic acids is 2. The fourth-order valence-electron chi connectivity index (χ4n) is 7.38. The molecule has 7 rings (SSSR count). The van der Waals surface area contributed by atoms with Gasteiger partial charge in [0.1, 0.15) is 11.8 Å². The number of fused-ring (bicyclic) bond motifs is 3. The van der Waals surface area contributed by atoms with Gasteiger partial charge in [-0.05, 0) is 104 Å². The van der Waals surface area contributed by atoms with Gasteiger partial charge in [-0.25, -0.2) is 0 Å². The Bertz CT molecular complexity index is 1860. The number of hydrogen-bond acceptors (Lipinski definition) is 5. The van der Waals surface area contributed by atoms with Crippen LogP contribution >= 0.6 is 0 Å². The lowest BCUT2D eigenvalue weighted by Gasteiger charge is -2.36. The van der Waals surface area contributed by atoms with Gasteiger partial charge in [0.25, 0.3) is 11.8 Å². The van der Waals surface area contributed by atoms with Crippen molar-refractivity contribution < 1.29 is 24.6 Å². The Balaban J connectivity index is 1.37. The van der Waals surface area contributed by atoms with Crippen LogP contribution in [0.15, 0.2) is 66.7 Å². The Morgan fingerprint density at radius 1 is 0.913 bits per heavy atom. The molecular weight excluding hydrogens is 580 g/mol. The largest absolute Gasteiger partial charge is 0.508 e. The third-order valence-corrected chi connectivity index (χ3v) is 9.88. The molecule has 0 saturated heterocycles. The highest BCUT2D eigenvalue weighted by molar-refractivity contribution is 6.08. The average molecular weight is 619 g/mol. The second-order valence-electron chi connectivity index (χ2n) is 12.7. The van der Waals surface area contributed by atoms with Crippen molar-refractivity contribution in [3.05, 3.63) is 106 Å². The van der Waals surface area contributed by atoms with Crippen molar-refractivity contribution in [3.8, 4) is 17.0 Å². The molecule has 3 aliphatic heterocycles. The van der Waals surface area contributed by atoms with E-state index in [9.17, 15) is 24.6 Å². The van der Waals surface area contributed by atoms with Crippen molar-refractivity contribution in [1.82, 2.24) is 14.8 Å². The van der Waals surface area contributed by atoms with Crippen LogP contribution in [0, 0.1) is 0 Å². The number of anilines is 1. The van der Waals surface area contributed by atoms with E-state index in [1.165, 1.54) is 5.56 Å². The minimum atomic E-state index is -0.974. The zero-order valence-electron chi connectivity index (χ0n) is 26.1. The fraction of sp³-hybridized carbons (Fsp3) is 0.324. The van der Waals surface area contributed by atoms with Crippen LogP contribution < -0.4 is 10.2 Å². The zero-order chi connectivity index (χ0) is 32.1. The van der Waals surface area contributed by atoms with E-state index in [0.717, 1.165) is 60.3 Å². The lowest BCUT2D eigenvalue weighted by molar-refractivity contribution is -0.139. The maximum absolute atomic E-state index is 14.7. The van der Waals surface area contributed by atoms with Gasteiger partial charge < -0.3 is 29.9 Å². The van der Waals surface area contributed by atoms with E-state index >= 15 is 0 Å². The molecule has 3 aliphatic rings. The summed E-state index contributed by atoms with van der Waals surface area (Å²) in [7, 11) is 1.73. The number of aromatic nitrogens is 1. The number of amides is 2. The van der Waals surface area contributed by atoms with Gasteiger partial charge in [0.2, 0.25) is 0 Å². The predicted octanol–water partition coefficient (Wildman–Crippen LogP) is 5.33. The maximum Gasteiger partial charge on any atom is 0.325 e. The Labute approximate surface area is 268 Å². The molecule has 0 bridgehead atoms. The number of nitrogens with one attached hydrogen (secondary N) is 1. The third-order valence-electron chi connectivity index (χ3n) is 9.88. The molecule has 0 fully saturated rings. The lowest BCUT2D eigenvalue weighted by atomic mass is 9.87. The predicted molar refractivity (Wildman–Crippen MR) is 175 cm³/mol. The van der Waals surface area contributed by atoms with Crippen LogP contribution in [0.5, 0.6) is 5.75 Å². The molecule has 2 atom stereocenters. The number of carboxylic acid groups (broad SMARTS) is 1. The van der Waals surface area contributed by atoms with E-state index < -0.39 is 12.0 Å². The minimum absolute atomic E-state index is 0.0444. The van der Waals surface area contributed by atoms with Crippen LogP contribution in [0.1, 0.15) is 74.5 Å². The van der Waals surface area contributed by atoms with Crippen LogP contribution in [-0.4, -0.2) is 57.1 Å². The van der Waals surface area contributed by atoms with Crippen LogP contribution in [0.2, 0.25) is 0 Å². The molecule has 1 unspecified atom stereocenters. The number of aromatic hydroxyl groups is 1. The molecular formula is C37H38N4O5. The molecule has 0 spiro atoms. The van der Waals surface area contributed by atoms with Crippen molar-refractivity contribution in [1.29, 1.82) is 0 Å². The fourth-order valence-corrected chi connectivity index (χ4v) is 7.38. The average Bonchev–Trinajstić information content (AvgIpc) is 3.46. The summed E-state index contributed by atoms with van der Waals surface area (Å²) in [5.41, 5.74) is 8.05. The smallest absolute Gasteiger partial charge is 0.325 e. The molecule has 9 nitrogen and oxygen atoms in total. The quantitative estimate of drug-likeness (QED) is 0.279. The van der Waals surface area contributed by atoms with Gasteiger partial charge in [-0.15, -0.1) is 0 Å². The molecule has 0 saturated carbocycles. The Morgan fingerprint density at radius 2 is 1.67 bits per heavy atom. The molecule has 2 amide bonds. The van der Waals surface area contributed by atoms with E-state index in [-0.39, 0.29) is 23.6 Å². The summed E-state index contributed by atoms with van der Waals surface area (Å²) in [6.45, 7) is 3.77. The SMILES string of the molecule is C[C@@H]1Cc2ccccc2CN1C(=O)c1cc2c(cc1-c1cc(C(=O)N(C)c3ccc(O)cc3)c3n1CCCC3)CCNC2C(=O)O. The van der Waals surface area contributed by atoms with Crippen molar-refractivity contribution in [2.45, 2.75) is 64.2 Å². The Kier molecular flexibility index (Phi) is 7.64. The zero-order valence-corrected chi connectivity index (χ0v) is 26.1. The first kappa shape index (κ1) is 29.8. The molecule has 46 heavy (non-hydrogen) atoms. The van der Waals surface area contributed by atoms with E-state index in [1.54, 1.807) is 42.3 Å². The van der Waals surface area contributed by atoms with Gasteiger partial charge in [-0.1, -0.05) is 24.3 Å². The maximum atomic E-state index is 14.7. The lowest BCUT2D eigenvalue weighted by Crippen LogP contribution is -2.43. The van der Waals surface area contributed by atoms with Crippen LogP contribution in [-0.2, 0) is 37.1 Å². The highest BCUT2D eigenvalue weighted by Gasteiger charge is 2.34. The molecule has 3 N–H and O–H groups in total.